The lowest BCUT2D eigenvalue weighted by Crippen LogP contribution is -2.29. The van der Waals surface area contributed by atoms with E-state index in [1.165, 1.54) is 4.90 Å². The summed E-state index contributed by atoms with van der Waals surface area (Å²) < 4.78 is 1.77. The fraction of sp³-hybridized carbons (Fsp3) is 0.375. The smallest absolute Gasteiger partial charge is 0.407 e. The molecular formula is C24H26ClN7O3. The zero-order chi connectivity index (χ0) is 24.6. The maximum Gasteiger partial charge on any atom is 0.407 e. The van der Waals surface area contributed by atoms with Gasteiger partial charge in [0.1, 0.15) is 0 Å². The van der Waals surface area contributed by atoms with E-state index in [2.05, 4.69) is 20.4 Å². The Morgan fingerprint density at radius 2 is 2.03 bits per heavy atom. The Hall–Kier alpha value is -3.66. The molecule has 1 saturated heterocycles. The lowest BCUT2D eigenvalue weighted by molar-refractivity contribution is -0.120. The van der Waals surface area contributed by atoms with Crippen molar-refractivity contribution in [1.29, 1.82) is 0 Å². The van der Waals surface area contributed by atoms with Gasteiger partial charge in [-0.1, -0.05) is 35.9 Å². The van der Waals surface area contributed by atoms with E-state index in [4.69, 9.17) is 22.4 Å². The highest BCUT2D eigenvalue weighted by molar-refractivity contribution is 6.31. The predicted octanol–water partition coefficient (Wildman–Crippen LogP) is 3.30. The number of aryl methyl sites for hydroxylation is 2. The summed E-state index contributed by atoms with van der Waals surface area (Å²) in [5.41, 5.74) is 8.62. The fourth-order valence-electron chi connectivity index (χ4n) is 4.73. The molecule has 1 unspecified atom stereocenters. The van der Waals surface area contributed by atoms with Crippen molar-refractivity contribution in [3.05, 3.63) is 64.7 Å². The van der Waals surface area contributed by atoms with Crippen LogP contribution in [-0.2, 0) is 23.1 Å². The van der Waals surface area contributed by atoms with Crippen molar-refractivity contribution in [2.24, 2.45) is 5.73 Å². The molecule has 1 atom stereocenters. The molecule has 0 radical (unpaired) electrons. The number of carbonyl (C=O) groups excluding carboxylic acids is 1. The Labute approximate surface area is 207 Å². The molecule has 1 aromatic carbocycles. The molecule has 11 heteroatoms. The summed E-state index contributed by atoms with van der Waals surface area (Å²) in [6.45, 7) is 0.909. The van der Waals surface area contributed by atoms with Gasteiger partial charge in [0, 0.05) is 19.3 Å². The standard InChI is InChI=1S/C24H26ClN7O3/c25-19-12-27-22(29-16-11-28-32(13-16)17-7-10-31(14-17)23(34)35)30-20(19)6-5-15-3-1-2-4-18(15)24(8-9-24)21(26)33/h1-4,11-13,17H,5-10,14H2,(H2,26,33)(H,34,35)(H,27,29,30). The van der Waals surface area contributed by atoms with Crippen molar-refractivity contribution in [3.63, 3.8) is 0 Å². The highest BCUT2D eigenvalue weighted by Gasteiger charge is 2.50. The van der Waals surface area contributed by atoms with Crippen LogP contribution in [0.1, 0.15) is 42.1 Å². The van der Waals surface area contributed by atoms with E-state index in [1.54, 1.807) is 17.1 Å². The third-order valence-electron chi connectivity index (χ3n) is 6.87. The van der Waals surface area contributed by atoms with Gasteiger partial charge in [-0.3, -0.25) is 9.48 Å². The van der Waals surface area contributed by atoms with E-state index >= 15 is 0 Å². The molecule has 0 bridgehead atoms. The first-order valence-corrected chi connectivity index (χ1v) is 11.9. The number of carboxylic acid groups (broad SMARTS) is 1. The van der Waals surface area contributed by atoms with Crippen LogP contribution in [0, 0.1) is 0 Å². The van der Waals surface area contributed by atoms with Gasteiger partial charge in [-0.15, -0.1) is 0 Å². The normalized spacial score (nSPS) is 18.4. The molecule has 10 nitrogen and oxygen atoms in total. The number of nitrogens with zero attached hydrogens (tertiary/aromatic N) is 5. The summed E-state index contributed by atoms with van der Waals surface area (Å²) in [5, 5.41) is 17.2. The van der Waals surface area contributed by atoms with Crippen molar-refractivity contribution in [3.8, 4) is 0 Å². The Balaban J connectivity index is 1.27. The number of aromatic nitrogens is 4. The van der Waals surface area contributed by atoms with Gasteiger partial charge in [-0.25, -0.2) is 14.8 Å². The number of primary amides is 1. The minimum absolute atomic E-state index is 0.00132. The molecule has 2 aliphatic rings. The Morgan fingerprint density at radius 3 is 2.74 bits per heavy atom. The number of likely N-dealkylation sites (tertiary alicyclic amines) is 1. The van der Waals surface area contributed by atoms with Crippen LogP contribution in [0.4, 0.5) is 16.4 Å². The van der Waals surface area contributed by atoms with E-state index in [1.807, 2.05) is 30.5 Å². The molecule has 182 valence electrons. The first kappa shape index (κ1) is 23.1. The summed E-state index contributed by atoms with van der Waals surface area (Å²) >= 11 is 6.39. The lowest BCUT2D eigenvalue weighted by atomic mass is 9.88. The van der Waals surface area contributed by atoms with Crippen molar-refractivity contribution in [1.82, 2.24) is 24.6 Å². The van der Waals surface area contributed by atoms with Gasteiger partial charge < -0.3 is 21.1 Å². The van der Waals surface area contributed by atoms with Gasteiger partial charge in [-0.2, -0.15) is 5.10 Å². The zero-order valence-electron chi connectivity index (χ0n) is 19.0. The number of anilines is 2. The Morgan fingerprint density at radius 1 is 1.23 bits per heavy atom. The second-order valence-corrected chi connectivity index (χ2v) is 9.50. The predicted molar refractivity (Wildman–Crippen MR) is 130 cm³/mol. The largest absolute Gasteiger partial charge is 0.465 e. The van der Waals surface area contributed by atoms with Gasteiger partial charge in [-0.05, 0) is 43.2 Å². The lowest BCUT2D eigenvalue weighted by Gasteiger charge is -2.16. The molecule has 2 aromatic heterocycles. The van der Waals surface area contributed by atoms with Crippen molar-refractivity contribution in [2.75, 3.05) is 18.4 Å². The van der Waals surface area contributed by atoms with Gasteiger partial charge in [0.2, 0.25) is 11.9 Å². The zero-order valence-corrected chi connectivity index (χ0v) is 19.8. The molecule has 1 saturated carbocycles. The molecule has 3 aromatic rings. The number of benzene rings is 1. The van der Waals surface area contributed by atoms with Gasteiger partial charge >= 0.3 is 6.09 Å². The van der Waals surface area contributed by atoms with Crippen LogP contribution in [0.2, 0.25) is 5.02 Å². The molecule has 2 amide bonds. The first-order valence-electron chi connectivity index (χ1n) is 11.5. The van der Waals surface area contributed by atoms with Crippen LogP contribution in [0.3, 0.4) is 0 Å². The third-order valence-corrected chi connectivity index (χ3v) is 7.18. The van der Waals surface area contributed by atoms with E-state index in [-0.39, 0.29) is 11.9 Å². The van der Waals surface area contributed by atoms with Crippen LogP contribution in [-0.4, -0.2) is 54.8 Å². The number of amides is 2. The molecule has 1 aliphatic heterocycles. The monoisotopic (exact) mass is 495 g/mol. The number of nitrogens with two attached hydrogens (primary N) is 1. The minimum Gasteiger partial charge on any atom is -0.465 e. The Kier molecular flexibility index (Phi) is 6.06. The molecule has 5 rings (SSSR count). The number of hydrogen-bond donors (Lipinski definition) is 3. The Bertz CT molecular complexity index is 1270. The van der Waals surface area contributed by atoms with Crippen molar-refractivity contribution in [2.45, 2.75) is 43.6 Å². The van der Waals surface area contributed by atoms with Crippen LogP contribution in [0.15, 0.2) is 42.9 Å². The minimum atomic E-state index is -0.912. The average molecular weight is 496 g/mol. The van der Waals surface area contributed by atoms with Gasteiger partial charge in [0.15, 0.2) is 0 Å². The SMILES string of the molecule is NC(=O)C1(c2ccccc2CCc2nc(Nc3cnn(C4CCN(C(=O)O)C4)c3)ncc2Cl)CC1. The van der Waals surface area contributed by atoms with Gasteiger partial charge in [0.25, 0.3) is 0 Å². The maximum atomic E-state index is 12.1. The maximum absolute atomic E-state index is 12.1. The van der Waals surface area contributed by atoms with Crippen molar-refractivity contribution < 1.29 is 14.7 Å². The fourth-order valence-corrected chi connectivity index (χ4v) is 4.92. The van der Waals surface area contributed by atoms with Gasteiger partial charge in [0.05, 0.1) is 40.3 Å². The summed E-state index contributed by atoms with van der Waals surface area (Å²) in [5.74, 6) is 0.122. The summed E-state index contributed by atoms with van der Waals surface area (Å²) in [6.07, 6.45) is 7.66. The molecule has 2 fully saturated rings. The second kappa shape index (κ2) is 9.18. The van der Waals surface area contributed by atoms with Crippen LogP contribution in [0.5, 0.6) is 0 Å². The van der Waals surface area contributed by atoms with E-state index in [0.717, 1.165) is 24.0 Å². The molecule has 1 aliphatic carbocycles. The second-order valence-electron chi connectivity index (χ2n) is 9.10. The quantitative estimate of drug-likeness (QED) is 0.435. The van der Waals surface area contributed by atoms with Crippen LogP contribution >= 0.6 is 11.6 Å². The highest BCUT2D eigenvalue weighted by Crippen LogP contribution is 2.49. The number of rotatable bonds is 8. The van der Waals surface area contributed by atoms with E-state index < -0.39 is 11.5 Å². The summed E-state index contributed by atoms with van der Waals surface area (Å²) in [7, 11) is 0. The third kappa shape index (κ3) is 4.66. The number of hydrogen-bond acceptors (Lipinski definition) is 6. The van der Waals surface area contributed by atoms with Crippen LogP contribution in [0.25, 0.3) is 0 Å². The number of nitrogens with one attached hydrogen (secondary N) is 1. The summed E-state index contributed by atoms with van der Waals surface area (Å²) in [6, 6.07) is 7.90. The van der Waals surface area contributed by atoms with Crippen molar-refractivity contribution >= 4 is 35.2 Å². The van der Waals surface area contributed by atoms with Crippen LogP contribution < -0.4 is 11.1 Å². The van der Waals surface area contributed by atoms with E-state index in [0.29, 0.717) is 54.7 Å². The number of halogens is 1. The number of carbonyl (C=O) groups is 2. The van der Waals surface area contributed by atoms with E-state index in [9.17, 15) is 9.59 Å². The molecular weight excluding hydrogens is 470 g/mol. The average Bonchev–Trinajstić information content (AvgIpc) is 3.27. The molecule has 3 heterocycles. The highest BCUT2D eigenvalue weighted by atomic mass is 35.5. The molecule has 4 N–H and O–H groups in total. The topological polar surface area (TPSA) is 139 Å². The molecule has 35 heavy (non-hydrogen) atoms. The summed E-state index contributed by atoms with van der Waals surface area (Å²) in [4.78, 5) is 33.5. The molecule has 0 spiro atoms. The first-order chi connectivity index (χ1) is 16.9.